The molecular weight excluding hydrogens is 359 g/mol. The standard InChI is InChI=1S/C19H16F3N3O2/c20-19(21,22)27-15-8-6-13(7-9-15)16-12-23-17-10-11-18(24-25(16)17)26-14-4-2-1-3-5-14/h6-9,12,14H,1-5H2. The van der Waals surface area contributed by atoms with Crippen molar-refractivity contribution < 1.29 is 22.6 Å². The van der Waals surface area contributed by atoms with E-state index < -0.39 is 6.36 Å². The summed E-state index contributed by atoms with van der Waals surface area (Å²) in [6, 6.07) is 11.3. The summed E-state index contributed by atoms with van der Waals surface area (Å²) in [7, 11) is 0. The number of aromatic nitrogens is 3. The summed E-state index contributed by atoms with van der Waals surface area (Å²) in [5.74, 6) is 0.0555. The van der Waals surface area contributed by atoms with Gasteiger partial charge in [-0.1, -0.05) is 6.42 Å². The van der Waals surface area contributed by atoms with Gasteiger partial charge >= 0.3 is 6.36 Å². The van der Waals surface area contributed by atoms with Crippen molar-refractivity contribution in [2.75, 3.05) is 0 Å². The maximum Gasteiger partial charge on any atom is 0.573 e. The molecule has 0 aliphatic heterocycles. The minimum Gasteiger partial charge on any atom is -0.467 e. The van der Waals surface area contributed by atoms with Crippen molar-refractivity contribution in [1.29, 1.82) is 0 Å². The highest BCUT2D eigenvalue weighted by Crippen LogP contribution is 2.27. The Morgan fingerprint density at radius 3 is 2.48 bits per heavy atom. The Labute approximate surface area is 153 Å². The first-order valence-electron chi connectivity index (χ1n) is 8.69. The van der Waals surface area contributed by atoms with Gasteiger partial charge in [0.25, 0.3) is 5.88 Å². The van der Waals surface area contributed by atoms with E-state index in [2.05, 4.69) is 27.0 Å². The topological polar surface area (TPSA) is 48.7 Å². The fourth-order valence-electron chi connectivity index (χ4n) is 3.18. The number of ether oxygens (including phenoxy) is 2. The van der Waals surface area contributed by atoms with Gasteiger partial charge in [0.05, 0.1) is 11.9 Å². The molecule has 1 aliphatic rings. The molecule has 1 aliphatic carbocycles. The lowest BCUT2D eigenvalue weighted by Crippen LogP contribution is -2.20. The van der Waals surface area contributed by atoms with E-state index in [0.717, 1.165) is 25.7 Å². The summed E-state index contributed by atoms with van der Waals surface area (Å²) in [6.45, 7) is 0. The quantitative estimate of drug-likeness (QED) is 0.668. The zero-order valence-electron chi connectivity index (χ0n) is 14.3. The van der Waals surface area contributed by atoms with E-state index in [1.807, 2.05) is 0 Å². The van der Waals surface area contributed by atoms with E-state index in [-0.39, 0.29) is 11.9 Å². The van der Waals surface area contributed by atoms with Crippen molar-refractivity contribution in [3.8, 4) is 22.9 Å². The molecule has 2 heterocycles. The number of benzene rings is 1. The highest BCUT2D eigenvalue weighted by atomic mass is 19.4. The molecule has 0 unspecified atom stereocenters. The average molecular weight is 375 g/mol. The van der Waals surface area contributed by atoms with Crippen molar-refractivity contribution in [3.05, 3.63) is 42.6 Å². The van der Waals surface area contributed by atoms with Crippen LogP contribution in [0.5, 0.6) is 11.6 Å². The Bertz CT molecular complexity index is 916. The van der Waals surface area contributed by atoms with Gasteiger partial charge in [0.15, 0.2) is 0 Å². The lowest BCUT2D eigenvalue weighted by atomic mass is 9.98. The molecule has 1 saturated carbocycles. The van der Waals surface area contributed by atoms with Gasteiger partial charge in [-0.3, -0.25) is 0 Å². The molecule has 0 saturated heterocycles. The van der Waals surface area contributed by atoms with Crippen molar-refractivity contribution in [2.24, 2.45) is 0 Å². The van der Waals surface area contributed by atoms with Gasteiger partial charge in [-0.25, -0.2) is 9.50 Å². The molecule has 0 bridgehead atoms. The maximum absolute atomic E-state index is 12.3. The molecule has 0 atom stereocenters. The molecule has 2 aromatic heterocycles. The van der Waals surface area contributed by atoms with Crippen LogP contribution in [0.4, 0.5) is 13.2 Å². The van der Waals surface area contributed by atoms with Gasteiger partial charge in [-0.15, -0.1) is 18.3 Å². The SMILES string of the molecule is FC(F)(F)Oc1ccc(-c2cnc3c#cc(OC4CCCCC4)nn23)cc1. The number of hydrogen-bond donors (Lipinski definition) is 0. The third-order valence-electron chi connectivity index (χ3n) is 4.42. The van der Waals surface area contributed by atoms with Gasteiger partial charge in [0, 0.05) is 11.6 Å². The summed E-state index contributed by atoms with van der Waals surface area (Å²) >= 11 is 0. The number of hydrogen-bond acceptors (Lipinski definition) is 4. The Hall–Kier alpha value is -2.95. The van der Waals surface area contributed by atoms with E-state index >= 15 is 0 Å². The molecule has 1 aromatic carbocycles. The summed E-state index contributed by atoms with van der Waals surface area (Å²) in [5, 5.41) is 4.42. The van der Waals surface area contributed by atoms with Crippen LogP contribution < -0.4 is 9.47 Å². The number of rotatable bonds is 4. The maximum atomic E-state index is 12.3. The van der Waals surface area contributed by atoms with Crippen molar-refractivity contribution >= 4 is 5.65 Å². The minimum absolute atomic E-state index is 0.124. The van der Waals surface area contributed by atoms with Crippen LogP contribution >= 0.6 is 0 Å². The first kappa shape index (κ1) is 17.5. The second-order valence-corrected chi connectivity index (χ2v) is 6.38. The van der Waals surface area contributed by atoms with Crippen LogP contribution in [0.15, 0.2) is 30.5 Å². The summed E-state index contributed by atoms with van der Waals surface area (Å²) in [5.41, 5.74) is 1.71. The largest absolute Gasteiger partial charge is 0.573 e. The highest BCUT2D eigenvalue weighted by molar-refractivity contribution is 5.63. The van der Waals surface area contributed by atoms with E-state index in [1.54, 1.807) is 10.7 Å². The molecule has 3 aromatic rings. The molecular formula is C19H16F3N3O2. The minimum atomic E-state index is -4.72. The molecule has 0 spiro atoms. The molecule has 0 radical (unpaired) electrons. The van der Waals surface area contributed by atoms with Crippen LogP contribution in [0.25, 0.3) is 16.9 Å². The van der Waals surface area contributed by atoms with Crippen LogP contribution in [0, 0.1) is 12.1 Å². The van der Waals surface area contributed by atoms with E-state index in [1.165, 1.54) is 30.7 Å². The molecule has 140 valence electrons. The van der Waals surface area contributed by atoms with Crippen molar-refractivity contribution in [3.63, 3.8) is 0 Å². The monoisotopic (exact) mass is 375 g/mol. The van der Waals surface area contributed by atoms with Gasteiger partial charge in [0.1, 0.15) is 11.9 Å². The number of halogens is 3. The average Bonchev–Trinajstić information content (AvgIpc) is 3.05. The Morgan fingerprint density at radius 2 is 1.78 bits per heavy atom. The van der Waals surface area contributed by atoms with E-state index in [4.69, 9.17) is 4.74 Å². The normalized spacial score (nSPS) is 15.5. The second-order valence-electron chi connectivity index (χ2n) is 6.38. The molecule has 0 N–H and O–H groups in total. The molecule has 4 rings (SSSR count). The number of nitrogens with zero attached hydrogens (tertiary/aromatic N) is 3. The molecule has 27 heavy (non-hydrogen) atoms. The predicted octanol–water partition coefficient (Wildman–Crippen LogP) is 4.61. The van der Waals surface area contributed by atoms with Gasteiger partial charge in [-0.2, -0.15) is 0 Å². The fourth-order valence-corrected chi connectivity index (χ4v) is 3.18. The van der Waals surface area contributed by atoms with Gasteiger partial charge in [-0.05, 0) is 56.0 Å². The number of fused-ring (bicyclic) bond motifs is 1. The van der Waals surface area contributed by atoms with Crippen molar-refractivity contribution in [1.82, 2.24) is 14.6 Å². The Morgan fingerprint density at radius 1 is 1.04 bits per heavy atom. The third-order valence-corrected chi connectivity index (χ3v) is 4.42. The first-order valence-corrected chi connectivity index (χ1v) is 8.69. The zero-order chi connectivity index (χ0) is 18.9. The molecule has 0 amide bonds. The van der Waals surface area contributed by atoms with Gasteiger partial charge in [0.2, 0.25) is 5.65 Å². The predicted molar refractivity (Wildman–Crippen MR) is 90.3 cm³/mol. The van der Waals surface area contributed by atoms with Crippen LogP contribution in [-0.2, 0) is 0 Å². The lowest BCUT2D eigenvalue weighted by molar-refractivity contribution is -0.274. The molecule has 8 heteroatoms. The summed E-state index contributed by atoms with van der Waals surface area (Å²) < 4.78 is 48.2. The summed E-state index contributed by atoms with van der Waals surface area (Å²) in [6.07, 6.45) is 2.47. The summed E-state index contributed by atoms with van der Waals surface area (Å²) in [4.78, 5) is 4.21. The van der Waals surface area contributed by atoms with Crippen LogP contribution in [0.3, 0.4) is 0 Å². The first-order chi connectivity index (χ1) is 13.0. The van der Waals surface area contributed by atoms with E-state index in [9.17, 15) is 13.2 Å². The van der Waals surface area contributed by atoms with Crippen LogP contribution in [0.2, 0.25) is 0 Å². The molecule has 1 fully saturated rings. The number of alkyl halides is 3. The highest BCUT2D eigenvalue weighted by Gasteiger charge is 2.31. The Kier molecular flexibility index (Phi) is 4.52. The Balaban J connectivity index is 1.59. The lowest BCUT2D eigenvalue weighted by Gasteiger charge is -2.21. The smallest absolute Gasteiger partial charge is 0.467 e. The fraction of sp³-hybridized carbons (Fsp3) is 0.368. The second kappa shape index (κ2) is 6.99. The van der Waals surface area contributed by atoms with Crippen molar-refractivity contribution in [2.45, 2.75) is 44.6 Å². The van der Waals surface area contributed by atoms with Crippen LogP contribution in [0.1, 0.15) is 32.1 Å². The van der Waals surface area contributed by atoms with Crippen LogP contribution in [-0.4, -0.2) is 27.1 Å². The molecule has 5 nitrogen and oxygen atoms in total. The van der Waals surface area contributed by atoms with E-state index in [0.29, 0.717) is 22.8 Å². The third kappa shape index (κ3) is 4.08. The number of imidazole rings is 1. The zero-order valence-corrected chi connectivity index (χ0v) is 14.3. The van der Waals surface area contributed by atoms with Gasteiger partial charge < -0.3 is 9.47 Å².